The van der Waals surface area contributed by atoms with Crippen molar-refractivity contribution in [1.29, 1.82) is 0 Å². The van der Waals surface area contributed by atoms with Crippen molar-refractivity contribution in [3.63, 3.8) is 0 Å². The summed E-state index contributed by atoms with van der Waals surface area (Å²) in [7, 11) is -0.384. The molecule has 1 aliphatic rings. The van der Waals surface area contributed by atoms with Crippen molar-refractivity contribution in [2.75, 3.05) is 0 Å². The second-order valence-electron chi connectivity index (χ2n) is 28.3. The monoisotopic (exact) mass is 1830 g/mol. The Bertz CT molecular complexity index is 5350. The number of benzene rings is 8. The number of aromatic nitrogens is 3. The normalized spacial score (nSPS) is 12.3. The van der Waals surface area contributed by atoms with Crippen LogP contribution in [0.15, 0.2) is 214 Å². The predicted octanol–water partition coefficient (Wildman–Crippen LogP) is 21.4. The number of carboxylic acid groups (broad SMARTS) is 1. The number of H-pyrrole nitrogens is 1. The van der Waals surface area contributed by atoms with Crippen molar-refractivity contribution in [1.82, 2.24) is 30.9 Å². The van der Waals surface area contributed by atoms with Crippen molar-refractivity contribution < 1.29 is 78.2 Å². The molecule has 622 valence electrons. The zero-order valence-corrected chi connectivity index (χ0v) is 70.5. The number of carbonyl (C=O) groups excluding carboxylic acids is 3. The Hall–Kier alpha value is -10.0. The van der Waals surface area contributed by atoms with Gasteiger partial charge < -0.3 is 50.6 Å². The van der Waals surface area contributed by atoms with E-state index in [9.17, 15) is 59.1 Å². The van der Waals surface area contributed by atoms with E-state index in [1.807, 2.05) is 154 Å². The average Bonchev–Trinajstić information content (AvgIpc) is 1.62. The first-order valence-corrected chi connectivity index (χ1v) is 38.4. The van der Waals surface area contributed by atoms with Crippen LogP contribution in [0.3, 0.4) is 0 Å². The third kappa shape index (κ3) is 28.6. The van der Waals surface area contributed by atoms with Crippen molar-refractivity contribution in [2.45, 2.75) is 125 Å². The van der Waals surface area contributed by atoms with E-state index >= 15 is 0 Å². The maximum atomic E-state index is 13.9. The van der Waals surface area contributed by atoms with Gasteiger partial charge in [0.1, 0.15) is 63.3 Å². The van der Waals surface area contributed by atoms with Crippen LogP contribution in [0.1, 0.15) is 140 Å². The molecule has 0 spiro atoms. The van der Waals surface area contributed by atoms with Gasteiger partial charge in [0.2, 0.25) is 17.3 Å². The number of carboxylic acids is 1. The van der Waals surface area contributed by atoms with E-state index in [-0.39, 0.29) is 62.1 Å². The summed E-state index contributed by atoms with van der Waals surface area (Å²) >= 11 is 28.8. The number of nitrogens with one attached hydrogen (secondary N) is 4. The highest BCUT2D eigenvalue weighted by atomic mass is 79.9. The van der Waals surface area contributed by atoms with Gasteiger partial charge in [-0.2, -0.15) is 0 Å². The number of aromatic carboxylic acids is 1. The summed E-state index contributed by atoms with van der Waals surface area (Å²) in [5, 5.41) is 13.6. The lowest BCUT2D eigenvalue weighted by molar-refractivity contribution is 0.00578. The molecule has 11 aromatic rings. The third-order valence-corrected chi connectivity index (χ3v) is 19.2. The van der Waals surface area contributed by atoms with Crippen LogP contribution in [0.5, 0.6) is 11.8 Å². The number of rotatable bonds is 16. The number of aromatic amines is 1. The zero-order chi connectivity index (χ0) is 86.4. The zero-order valence-electron chi connectivity index (χ0n) is 64.3. The molecular formula is C86H82BBr2Cl4F8N7O10. The fraction of sp³-hybridized carbons (Fsp3) is 0.221. The molecule has 0 radical (unpaired) electrons. The van der Waals surface area contributed by atoms with Crippen LogP contribution < -0.4 is 42.2 Å². The molecule has 0 atom stereocenters. The fourth-order valence-corrected chi connectivity index (χ4v) is 11.6. The van der Waals surface area contributed by atoms with Gasteiger partial charge in [0, 0.05) is 71.9 Å². The minimum Gasteiger partial charge on any atom is -0.478 e. The first-order chi connectivity index (χ1) is 54.9. The molecule has 32 heteroatoms. The Labute approximate surface area is 714 Å². The van der Waals surface area contributed by atoms with Crippen LogP contribution >= 0.6 is 78.3 Å². The molecule has 17 nitrogen and oxygen atoms in total. The van der Waals surface area contributed by atoms with E-state index in [2.05, 4.69) is 62.8 Å². The molecule has 8 aromatic carbocycles. The summed E-state index contributed by atoms with van der Waals surface area (Å²) in [6.45, 7) is 21.1. The van der Waals surface area contributed by atoms with Gasteiger partial charge in [-0.1, -0.05) is 158 Å². The van der Waals surface area contributed by atoms with Crippen molar-refractivity contribution in [3.05, 3.63) is 331 Å². The highest BCUT2D eigenvalue weighted by Crippen LogP contribution is 2.37. The van der Waals surface area contributed by atoms with E-state index in [0.717, 1.165) is 95.8 Å². The molecule has 7 N–H and O–H groups in total. The summed E-state index contributed by atoms with van der Waals surface area (Å²) in [4.78, 5) is 68.9. The molecule has 1 saturated heterocycles. The van der Waals surface area contributed by atoms with Gasteiger partial charge in [0.15, 0.2) is 0 Å². The van der Waals surface area contributed by atoms with Gasteiger partial charge in [-0.05, 0) is 210 Å². The van der Waals surface area contributed by atoms with Gasteiger partial charge in [-0.15, -0.1) is 0 Å². The molecule has 12 rings (SSSR count). The topological polar surface area (TPSA) is 246 Å². The van der Waals surface area contributed by atoms with Gasteiger partial charge in [-0.25, -0.2) is 49.9 Å². The number of carbonyl (C=O) groups is 4. The Morgan fingerprint density at radius 2 is 0.771 bits per heavy atom. The van der Waals surface area contributed by atoms with Gasteiger partial charge in [0.25, 0.3) is 17.7 Å². The van der Waals surface area contributed by atoms with E-state index in [1.165, 1.54) is 11.6 Å². The summed E-state index contributed by atoms with van der Waals surface area (Å²) in [5.74, 6) is -9.96. The molecule has 1 fully saturated rings. The van der Waals surface area contributed by atoms with Gasteiger partial charge in [0.05, 0.1) is 48.0 Å². The van der Waals surface area contributed by atoms with Gasteiger partial charge >= 0.3 is 13.1 Å². The smallest absolute Gasteiger partial charge is 0.478 e. The SMILES string of the molecule is C.CC(C)(C)Oc1cc(-c2ccc(CNC(=O)c3c(F)ccc(F)c3Cl)cc2)ccn1.CC(C)(C)Oc1cc(B2OC(C)(C)C(C)(C)O2)ccn1.NCc1ccc(Br)cc1.O=C(NCc1ccc(-c2cc[nH]c(=O)c2)cc1)c1c(F)ccc(F)c1Cl.O=C(NCc1ccc(Br)cc1)c1c(F)ccc(F)c1Cl.O=C(O)c1c(F)ccc(F)c1Cl. The Morgan fingerprint density at radius 1 is 0.458 bits per heavy atom. The molecule has 3 amide bonds. The van der Waals surface area contributed by atoms with Crippen LogP contribution in [0.25, 0.3) is 22.3 Å². The van der Waals surface area contributed by atoms with E-state index in [1.54, 1.807) is 61.1 Å². The lowest BCUT2D eigenvalue weighted by atomic mass is 9.80. The fourth-order valence-electron chi connectivity index (χ4n) is 10.1. The first kappa shape index (κ1) is 96.8. The lowest BCUT2D eigenvalue weighted by Gasteiger charge is -2.32. The molecule has 0 unspecified atom stereocenters. The molecule has 0 saturated carbocycles. The molecular weight excluding hydrogens is 1760 g/mol. The van der Waals surface area contributed by atoms with Gasteiger partial charge in [-0.3, -0.25) is 19.2 Å². The molecule has 4 heterocycles. The number of amides is 3. The molecule has 1 aliphatic heterocycles. The summed E-state index contributed by atoms with van der Waals surface area (Å²) in [6, 6.07) is 47.3. The summed E-state index contributed by atoms with van der Waals surface area (Å²) in [5.41, 5.74) is 9.48. The third-order valence-electron chi connectivity index (χ3n) is 16.7. The first-order valence-electron chi connectivity index (χ1n) is 35.3. The number of nitrogens with two attached hydrogens (primary N) is 1. The molecule has 0 aliphatic carbocycles. The van der Waals surface area contributed by atoms with Crippen LogP contribution in [0.4, 0.5) is 35.1 Å². The molecule has 3 aromatic heterocycles. The predicted molar refractivity (Wildman–Crippen MR) is 452 cm³/mol. The van der Waals surface area contributed by atoms with Crippen molar-refractivity contribution in [3.8, 4) is 34.0 Å². The Balaban J connectivity index is 0.000000227. The quantitative estimate of drug-likeness (QED) is 0.0300. The van der Waals surface area contributed by atoms with E-state index in [0.29, 0.717) is 24.4 Å². The largest absolute Gasteiger partial charge is 0.495 e. The average molecular weight is 1840 g/mol. The molecule has 0 bridgehead atoms. The minimum atomic E-state index is -1.59. The standard InChI is InChI=1S/C23H21ClF2N2O2.C19H13ClF2N2O2.C15H24BNO3.C14H9BrClF2NO.C7H8BrN.C7H3ClF2O2.CH4/c1-23(2,3)30-19-12-16(10-11-27-19)15-6-4-14(5-7-15)13-28-22(29)20-17(25)8-9-18(26)21(20)24;20-18-15(22)6-5-14(21)17(18)19(26)24-10-11-1-3-12(4-2-11)13-7-8-23-16(25)9-13;1-13(2,3)18-12-10-11(8-9-17-12)16-19-14(4,5)15(6,7)20-16;15-9-3-1-8(2-4-9)7-19-14(20)12-10(17)5-6-11(18)13(12)16;8-7-3-1-6(5-9)2-4-7;8-6-4(10)2-1-3(9)5(6)7(11)12;/h4-12H,13H2,1-3H3,(H,28,29);1-9H,10H2,(H,23,25)(H,24,26);8-10H,1-7H3;1-6H,7H2,(H,19,20);1-4H,5,9H2;1-2H,(H,11,12);1H4. The number of pyridine rings is 3. The lowest BCUT2D eigenvalue weighted by Crippen LogP contribution is -2.41. The number of halogens is 14. The number of hydrogen-bond donors (Lipinski definition) is 6. The van der Waals surface area contributed by atoms with Crippen molar-refractivity contribution in [2.24, 2.45) is 5.73 Å². The Morgan fingerprint density at radius 3 is 1.11 bits per heavy atom. The van der Waals surface area contributed by atoms with Crippen LogP contribution in [0.2, 0.25) is 20.1 Å². The minimum absolute atomic E-state index is 0. The maximum Gasteiger partial charge on any atom is 0.495 e. The Kier molecular flexibility index (Phi) is 35.8. The van der Waals surface area contributed by atoms with Crippen LogP contribution in [-0.4, -0.2) is 73.3 Å². The van der Waals surface area contributed by atoms with E-state index in [4.69, 9.17) is 76.0 Å². The second-order valence-corrected chi connectivity index (χ2v) is 31.7. The van der Waals surface area contributed by atoms with Crippen LogP contribution in [-0.2, 0) is 35.5 Å². The second kappa shape index (κ2) is 43.6. The number of hydrogen-bond acceptors (Lipinski definition) is 12. The number of nitrogens with zero attached hydrogens (tertiary/aromatic N) is 2. The highest BCUT2D eigenvalue weighted by molar-refractivity contribution is 9.10. The number of ether oxygens (including phenoxy) is 2. The van der Waals surface area contributed by atoms with Crippen molar-refractivity contribution >= 4 is 115 Å². The summed E-state index contributed by atoms with van der Waals surface area (Å²) in [6.07, 6.45) is 4.96. The summed E-state index contributed by atoms with van der Waals surface area (Å²) < 4.78 is 132. The highest BCUT2D eigenvalue weighted by Gasteiger charge is 2.52. The van der Waals surface area contributed by atoms with Crippen LogP contribution in [0, 0.1) is 46.5 Å². The molecule has 118 heavy (non-hydrogen) atoms. The van der Waals surface area contributed by atoms with E-state index < -0.39 is 113 Å². The maximum absolute atomic E-state index is 13.9.